The Balaban J connectivity index is 1.57. The van der Waals surface area contributed by atoms with Crippen LogP contribution in [0.25, 0.3) is 5.69 Å². The van der Waals surface area contributed by atoms with E-state index in [0.717, 1.165) is 49.0 Å². The van der Waals surface area contributed by atoms with Crippen LogP contribution in [0.4, 0.5) is 0 Å². The fraction of sp³-hybridized carbons (Fsp3) is 0.360. The summed E-state index contributed by atoms with van der Waals surface area (Å²) >= 11 is 0. The molecule has 0 bridgehead atoms. The van der Waals surface area contributed by atoms with Crippen molar-refractivity contribution in [2.45, 2.75) is 38.2 Å². The second-order valence-corrected chi connectivity index (χ2v) is 7.92. The molecule has 0 aliphatic heterocycles. The summed E-state index contributed by atoms with van der Waals surface area (Å²) in [5.74, 6) is 0.867. The van der Waals surface area contributed by atoms with Gasteiger partial charge in [-0.25, -0.2) is 4.68 Å². The van der Waals surface area contributed by atoms with Crippen LogP contribution in [0.1, 0.15) is 52.7 Å². The lowest BCUT2D eigenvalue weighted by Gasteiger charge is -2.16. The van der Waals surface area contributed by atoms with Crippen molar-refractivity contribution in [1.82, 2.24) is 15.1 Å². The highest BCUT2D eigenvalue weighted by molar-refractivity contribution is 5.94. The number of aliphatic hydroxyl groups is 1. The summed E-state index contributed by atoms with van der Waals surface area (Å²) in [6.45, 7) is 0.0370. The summed E-state index contributed by atoms with van der Waals surface area (Å²) in [7, 11) is 3.11. The number of amides is 1. The third kappa shape index (κ3) is 4.48. The van der Waals surface area contributed by atoms with Gasteiger partial charge < -0.3 is 19.9 Å². The molecule has 1 heterocycles. The van der Waals surface area contributed by atoms with E-state index in [4.69, 9.17) is 14.6 Å². The summed E-state index contributed by atoms with van der Waals surface area (Å²) in [6.07, 6.45) is 4.04. The van der Waals surface area contributed by atoms with Gasteiger partial charge in [-0.3, -0.25) is 4.79 Å². The van der Waals surface area contributed by atoms with Crippen LogP contribution in [0, 0.1) is 0 Å². The van der Waals surface area contributed by atoms with Crippen molar-refractivity contribution in [3.63, 3.8) is 0 Å². The van der Waals surface area contributed by atoms with E-state index in [0.29, 0.717) is 22.8 Å². The number of hydrogen-bond donors (Lipinski definition) is 2. The zero-order valence-electron chi connectivity index (χ0n) is 18.5. The minimum Gasteiger partial charge on any atom is -0.497 e. The fourth-order valence-electron chi connectivity index (χ4n) is 4.22. The molecule has 1 unspecified atom stereocenters. The van der Waals surface area contributed by atoms with E-state index in [1.54, 1.807) is 32.4 Å². The number of aliphatic hydroxyl groups excluding tert-OH is 1. The first-order chi connectivity index (χ1) is 15.6. The van der Waals surface area contributed by atoms with Crippen molar-refractivity contribution < 1.29 is 19.4 Å². The summed E-state index contributed by atoms with van der Waals surface area (Å²) in [5.41, 5.74) is 4.06. The fourth-order valence-corrected chi connectivity index (χ4v) is 4.22. The van der Waals surface area contributed by atoms with Crippen molar-refractivity contribution in [3.05, 3.63) is 71.0 Å². The lowest BCUT2D eigenvalue weighted by molar-refractivity contribution is 0.0908. The van der Waals surface area contributed by atoms with Crippen molar-refractivity contribution in [2.75, 3.05) is 20.8 Å². The van der Waals surface area contributed by atoms with Crippen LogP contribution in [0.5, 0.6) is 11.5 Å². The van der Waals surface area contributed by atoms with Gasteiger partial charge in [0, 0.05) is 23.4 Å². The van der Waals surface area contributed by atoms with E-state index in [1.807, 2.05) is 35.0 Å². The second-order valence-electron chi connectivity index (χ2n) is 7.92. The first-order valence-corrected chi connectivity index (χ1v) is 11.0. The average Bonchev–Trinajstić information content (AvgIpc) is 3.03. The quantitative estimate of drug-likeness (QED) is 0.554. The minimum atomic E-state index is -0.946. The van der Waals surface area contributed by atoms with E-state index in [9.17, 15) is 9.90 Å². The SMILES string of the molecule is COc1ccc(OC)c(C(O)CNC(=O)c2nn(-c3ccccc3)c3c2CCCCC3)c1. The van der Waals surface area contributed by atoms with Crippen LogP contribution in [0.2, 0.25) is 0 Å². The Bertz CT molecular complexity index is 1080. The maximum Gasteiger partial charge on any atom is 0.272 e. The predicted molar refractivity (Wildman–Crippen MR) is 122 cm³/mol. The van der Waals surface area contributed by atoms with E-state index >= 15 is 0 Å². The monoisotopic (exact) mass is 435 g/mol. The number of aromatic nitrogens is 2. The molecule has 1 amide bonds. The Hall–Kier alpha value is -3.32. The molecule has 3 aromatic rings. The molecule has 4 rings (SSSR count). The molecule has 168 valence electrons. The summed E-state index contributed by atoms with van der Waals surface area (Å²) < 4.78 is 12.5. The Labute approximate surface area is 188 Å². The van der Waals surface area contributed by atoms with Crippen LogP contribution < -0.4 is 14.8 Å². The Morgan fingerprint density at radius 2 is 1.88 bits per heavy atom. The number of carbonyl (C=O) groups is 1. The van der Waals surface area contributed by atoms with E-state index < -0.39 is 6.10 Å². The molecule has 1 aliphatic carbocycles. The molecular weight excluding hydrogens is 406 g/mol. The third-order valence-corrected chi connectivity index (χ3v) is 5.90. The number of nitrogens with zero attached hydrogens (tertiary/aromatic N) is 2. The van der Waals surface area contributed by atoms with Crippen molar-refractivity contribution in [3.8, 4) is 17.2 Å². The van der Waals surface area contributed by atoms with E-state index in [1.165, 1.54) is 0 Å². The topological polar surface area (TPSA) is 85.6 Å². The van der Waals surface area contributed by atoms with Crippen LogP contribution in [-0.2, 0) is 12.8 Å². The zero-order chi connectivity index (χ0) is 22.5. The van der Waals surface area contributed by atoms with Gasteiger partial charge in [-0.1, -0.05) is 24.6 Å². The lowest BCUT2D eigenvalue weighted by Crippen LogP contribution is -2.29. The highest BCUT2D eigenvalue weighted by Gasteiger charge is 2.25. The number of methoxy groups -OCH3 is 2. The van der Waals surface area contributed by atoms with E-state index in [-0.39, 0.29) is 12.5 Å². The standard InChI is InChI=1S/C25H29N3O4/c1-31-18-13-14-23(32-2)20(15-18)22(29)16-26-25(30)24-19-11-7-4-8-12-21(19)28(27-24)17-9-5-3-6-10-17/h3,5-6,9-10,13-15,22,29H,4,7-8,11-12,16H2,1-2H3,(H,26,30). The van der Waals surface area contributed by atoms with Gasteiger partial charge >= 0.3 is 0 Å². The lowest BCUT2D eigenvalue weighted by atomic mass is 10.1. The molecule has 0 fully saturated rings. The number of ether oxygens (including phenoxy) is 2. The molecule has 0 spiro atoms. The summed E-state index contributed by atoms with van der Waals surface area (Å²) in [5, 5.41) is 18.3. The molecule has 32 heavy (non-hydrogen) atoms. The Morgan fingerprint density at radius 1 is 1.09 bits per heavy atom. The number of fused-ring (bicyclic) bond motifs is 1. The van der Waals surface area contributed by atoms with Crippen LogP contribution in [0.15, 0.2) is 48.5 Å². The number of nitrogens with one attached hydrogen (secondary N) is 1. The van der Waals surface area contributed by atoms with Gasteiger partial charge in [0.1, 0.15) is 17.6 Å². The largest absolute Gasteiger partial charge is 0.497 e. The van der Waals surface area contributed by atoms with E-state index in [2.05, 4.69) is 5.32 Å². The van der Waals surface area contributed by atoms with Crippen molar-refractivity contribution >= 4 is 5.91 Å². The first kappa shape index (κ1) is 21.9. The third-order valence-electron chi connectivity index (χ3n) is 5.90. The van der Waals surface area contributed by atoms with Gasteiger partial charge in [0.2, 0.25) is 0 Å². The minimum absolute atomic E-state index is 0.0370. The molecule has 0 radical (unpaired) electrons. The Kier molecular flexibility index (Phi) is 6.75. The normalized spacial score (nSPS) is 14.2. The van der Waals surface area contributed by atoms with Gasteiger partial charge in [-0.05, 0) is 56.0 Å². The second kappa shape index (κ2) is 9.87. The van der Waals surface area contributed by atoms with Crippen molar-refractivity contribution in [2.24, 2.45) is 0 Å². The summed E-state index contributed by atoms with van der Waals surface area (Å²) in [4.78, 5) is 13.1. The summed E-state index contributed by atoms with van der Waals surface area (Å²) in [6, 6.07) is 15.1. The number of carbonyl (C=O) groups excluding carboxylic acids is 1. The van der Waals surface area contributed by atoms with Gasteiger partial charge in [-0.2, -0.15) is 5.10 Å². The van der Waals surface area contributed by atoms with Gasteiger partial charge in [0.05, 0.1) is 19.9 Å². The number of benzene rings is 2. The maximum absolute atomic E-state index is 13.1. The van der Waals surface area contributed by atoms with Gasteiger partial charge in [0.15, 0.2) is 5.69 Å². The predicted octanol–water partition coefficient (Wildman–Crippen LogP) is 3.62. The molecule has 1 atom stereocenters. The zero-order valence-corrected chi connectivity index (χ0v) is 18.5. The van der Waals surface area contributed by atoms with Crippen LogP contribution >= 0.6 is 0 Å². The smallest absolute Gasteiger partial charge is 0.272 e. The van der Waals surface area contributed by atoms with Gasteiger partial charge in [0.25, 0.3) is 5.91 Å². The molecular formula is C25H29N3O4. The highest BCUT2D eigenvalue weighted by atomic mass is 16.5. The molecule has 0 saturated carbocycles. The molecule has 2 N–H and O–H groups in total. The van der Waals surface area contributed by atoms with Crippen LogP contribution in [-0.4, -0.2) is 41.6 Å². The Morgan fingerprint density at radius 3 is 2.62 bits per heavy atom. The molecule has 2 aromatic carbocycles. The molecule has 1 aromatic heterocycles. The molecule has 7 nitrogen and oxygen atoms in total. The molecule has 7 heteroatoms. The van der Waals surface area contributed by atoms with Crippen LogP contribution in [0.3, 0.4) is 0 Å². The first-order valence-electron chi connectivity index (χ1n) is 11.0. The van der Waals surface area contributed by atoms with Crippen molar-refractivity contribution in [1.29, 1.82) is 0 Å². The molecule has 1 aliphatic rings. The number of hydrogen-bond acceptors (Lipinski definition) is 5. The number of rotatable bonds is 7. The highest BCUT2D eigenvalue weighted by Crippen LogP contribution is 2.30. The molecule has 0 saturated heterocycles. The maximum atomic E-state index is 13.1. The average molecular weight is 436 g/mol. The number of para-hydroxylation sites is 1. The van der Waals surface area contributed by atoms with Gasteiger partial charge in [-0.15, -0.1) is 0 Å².